The van der Waals surface area contributed by atoms with Crippen LogP contribution in [0.3, 0.4) is 0 Å². The topological polar surface area (TPSA) is 53.5 Å². The minimum Gasteiger partial charge on any atom is -0.351 e. The Morgan fingerprint density at radius 3 is 2.50 bits per heavy atom. The average Bonchev–Trinajstić information content (AvgIpc) is 3.16. The number of allylic oxidation sites excluding steroid dienone is 2. The summed E-state index contributed by atoms with van der Waals surface area (Å²) in [7, 11) is 0. The monoisotopic (exact) mass is 329 g/mol. The summed E-state index contributed by atoms with van der Waals surface area (Å²) >= 11 is 0. The summed E-state index contributed by atoms with van der Waals surface area (Å²) in [6.07, 6.45) is 3.82. The fourth-order valence-corrected chi connectivity index (χ4v) is 2.59. The molecule has 24 heavy (non-hydrogen) atoms. The Labute approximate surface area is 146 Å². The highest BCUT2D eigenvalue weighted by Gasteiger charge is 2.21. The van der Waals surface area contributed by atoms with Gasteiger partial charge in [0.25, 0.3) is 0 Å². The zero-order chi connectivity index (χ0) is 17.9. The Balaban J connectivity index is 0.00000139. The Hall–Kier alpha value is -1.94. The van der Waals surface area contributed by atoms with E-state index in [9.17, 15) is 4.79 Å². The van der Waals surface area contributed by atoms with Crippen molar-refractivity contribution in [1.82, 2.24) is 10.6 Å². The van der Waals surface area contributed by atoms with E-state index in [0.717, 1.165) is 36.2 Å². The maximum Gasteiger partial charge on any atom is 0.237 e. The van der Waals surface area contributed by atoms with E-state index in [2.05, 4.69) is 46.8 Å². The molecule has 4 heteroatoms. The van der Waals surface area contributed by atoms with E-state index >= 15 is 0 Å². The van der Waals surface area contributed by atoms with Gasteiger partial charge in [-0.2, -0.15) is 0 Å². The average molecular weight is 329 g/mol. The van der Waals surface area contributed by atoms with Gasteiger partial charge < -0.3 is 10.6 Å². The molecule has 0 saturated carbocycles. The highest BCUT2D eigenvalue weighted by molar-refractivity contribution is 5.82. The zero-order valence-corrected chi connectivity index (χ0v) is 15.6. The van der Waals surface area contributed by atoms with E-state index in [1.54, 1.807) is 6.21 Å². The van der Waals surface area contributed by atoms with Gasteiger partial charge in [-0.15, -0.1) is 0 Å². The van der Waals surface area contributed by atoms with Gasteiger partial charge in [0.05, 0.1) is 6.04 Å². The van der Waals surface area contributed by atoms with Crippen molar-refractivity contribution < 1.29 is 4.79 Å². The van der Waals surface area contributed by atoms with Crippen LogP contribution in [0.15, 0.2) is 35.0 Å². The Morgan fingerprint density at radius 2 is 1.96 bits per heavy atom. The molecule has 0 aliphatic carbocycles. The zero-order valence-electron chi connectivity index (χ0n) is 15.6. The molecule has 1 unspecified atom stereocenters. The van der Waals surface area contributed by atoms with Crippen LogP contribution in [0.5, 0.6) is 0 Å². The third-order valence-electron chi connectivity index (χ3n) is 4.10. The molecule has 1 fully saturated rings. The van der Waals surface area contributed by atoms with Gasteiger partial charge in [0.1, 0.15) is 0 Å². The lowest BCUT2D eigenvalue weighted by Crippen LogP contribution is -2.39. The number of aliphatic imine (C=N–C) groups is 1. The summed E-state index contributed by atoms with van der Waals surface area (Å²) in [4.78, 5) is 16.3. The molecular weight excluding hydrogens is 298 g/mol. The van der Waals surface area contributed by atoms with Crippen LogP contribution < -0.4 is 10.6 Å². The largest absolute Gasteiger partial charge is 0.351 e. The molecule has 0 aromatic heterocycles. The highest BCUT2D eigenvalue weighted by Crippen LogP contribution is 2.19. The Bertz CT molecular complexity index is 567. The first-order valence-corrected chi connectivity index (χ1v) is 8.88. The van der Waals surface area contributed by atoms with Crippen molar-refractivity contribution in [3.8, 4) is 0 Å². The number of carbonyl (C=O) groups excluding carboxylic acids is 1. The van der Waals surface area contributed by atoms with Crippen LogP contribution in [-0.2, 0) is 11.3 Å². The molecule has 1 heterocycles. The van der Waals surface area contributed by atoms with Crippen molar-refractivity contribution in [3.63, 3.8) is 0 Å². The molecule has 132 valence electrons. The summed E-state index contributed by atoms with van der Waals surface area (Å²) in [5.74, 6) is 0.103. The summed E-state index contributed by atoms with van der Waals surface area (Å²) in [5, 5.41) is 6.21. The summed E-state index contributed by atoms with van der Waals surface area (Å²) in [5.41, 5.74) is 4.47. The fraction of sp³-hybridized carbons (Fsp3) is 0.500. The van der Waals surface area contributed by atoms with Crippen molar-refractivity contribution in [2.45, 2.75) is 60.0 Å². The number of benzene rings is 1. The van der Waals surface area contributed by atoms with Crippen LogP contribution in [-0.4, -0.2) is 24.7 Å². The van der Waals surface area contributed by atoms with E-state index in [1.807, 2.05) is 27.7 Å². The van der Waals surface area contributed by atoms with Gasteiger partial charge in [0, 0.05) is 18.5 Å². The number of hydrogen-bond acceptors (Lipinski definition) is 3. The number of nitrogens with one attached hydrogen (secondary N) is 2. The Morgan fingerprint density at radius 1 is 1.29 bits per heavy atom. The SMILES string of the molecule is CC.CC=N/C(C)=C(\C)c1ccc(CNC(=O)C2CCCN2)cc1. The molecule has 1 atom stereocenters. The van der Waals surface area contributed by atoms with E-state index in [4.69, 9.17) is 0 Å². The van der Waals surface area contributed by atoms with Gasteiger partial charge >= 0.3 is 0 Å². The molecule has 1 aliphatic heterocycles. The van der Waals surface area contributed by atoms with E-state index in [-0.39, 0.29) is 11.9 Å². The second-order valence-electron chi connectivity index (χ2n) is 5.66. The van der Waals surface area contributed by atoms with Crippen LogP contribution in [0.4, 0.5) is 0 Å². The summed E-state index contributed by atoms with van der Waals surface area (Å²) in [6, 6.07) is 8.27. The number of hydrogen-bond donors (Lipinski definition) is 2. The van der Waals surface area contributed by atoms with Crippen LogP contribution in [0.25, 0.3) is 5.57 Å². The molecule has 0 spiro atoms. The van der Waals surface area contributed by atoms with Gasteiger partial charge in [0.15, 0.2) is 0 Å². The lowest BCUT2D eigenvalue weighted by Gasteiger charge is -2.11. The molecule has 1 aliphatic rings. The van der Waals surface area contributed by atoms with Gasteiger partial charge in [-0.3, -0.25) is 9.79 Å². The van der Waals surface area contributed by atoms with Gasteiger partial charge in [-0.25, -0.2) is 0 Å². The number of carbonyl (C=O) groups is 1. The highest BCUT2D eigenvalue weighted by atomic mass is 16.2. The first-order chi connectivity index (χ1) is 11.6. The van der Waals surface area contributed by atoms with E-state index < -0.39 is 0 Å². The van der Waals surface area contributed by atoms with Crippen molar-refractivity contribution in [1.29, 1.82) is 0 Å². The van der Waals surface area contributed by atoms with Crippen molar-refractivity contribution in [2.24, 2.45) is 4.99 Å². The number of rotatable bonds is 5. The van der Waals surface area contributed by atoms with Crippen molar-refractivity contribution in [3.05, 3.63) is 41.1 Å². The van der Waals surface area contributed by atoms with Gasteiger partial charge in [0.2, 0.25) is 5.91 Å². The summed E-state index contributed by atoms with van der Waals surface area (Å²) in [6.45, 7) is 11.5. The van der Waals surface area contributed by atoms with E-state index in [0.29, 0.717) is 6.54 Å². The second-order valence-corrected chi connectivity index (χ2v) is 5.66. The van der Waals surface area contributed by atoms with Crippen LogP contribution in [0.2, 0.25) is 0 Å². The molecule has 1 saturated heterocycles. The number of amides is 1. The molecule has 4 nitrogen and oxygen atoms in total. The molecule has 2 N–H and O–H groups in total. The molecule has 1 aromatic rings. The fourth-order valence-electron chi connectivity index (χ4n) is 2.59. The molecular formula is C20H31N3O. The molecule has 0 bridgehead atoms. The van der Waals surface area contributed by atoms with Crippen LogP contribution >= 0.6 is 0 Å². The third kappa shape index (κ3) is 5.93. The molecule has 0 radical (unpaired) electrons. The molecule has 2 rings (SSSR count). The van der Waals surface area contributed by atoms with Gasteiger partial charge in [-0.1, -0.05) is 38.1 Å². The van der Waals surface area contributed by atoms with Crippen LogP contribution in [0.1, 0.15) is 58.6 Å². The summed E-state index contributed by atoms with van der Waals surface area (Å²) < 4.78 is 0. The van der Waals surface area contributed by atoms with Gasteiger partial charge in [-0.05, 0) is 56.9 Å². The Kier molecular flexibility index (Phi) is 9.02. The standard InChI is InChI=1S/C18H25N3O.C2H6/c1-4-19-14(3)13(2)16-9-7-15(8-10-16)12-21-18(22)17-6-5-11-20-17;1-2/h4,7-10,17,20H,5-6,11-12H2,1-3H3,(H,21,22);1-2H3/b14-13+,19-4?;. The minimum absolute atomic E-state index is 0.0148. The second kappa shape index (κ2) is 10.8. The molecule has 1 amide bonds. The lowest BCUT2D eigenvalue weighted by molar-refractivity contribution is -0.122. The normalized spacial score (nSPS) is 18.0. The maximum atomic E-state index is 12.0. The van der Waals surface area contributed by atoms with E-state index in [1.165, 1.54) is 5.57 Å². The first kappa shape index (κ1) is 20.1. The predicted octanol–water partition coefficient (Wildman–Crippen LogP) is 3.92. The van der Waals surface area contributed by atoms with Crippen LogP contribution in [0, 0.1) is 0 Å². The third-order valence-corrected chi connectivity index (χ3v) is 4.10. The van der Waals surface area contributed by atoms with Crippen molar-refractivity contribution in [2.75, 3.05) is 6.54 Å². The lowest BCUT2D eigenvalue weighted by atomic mass is 10.0. The first-order valence-electron chi connectivity index (χ1n) is 8.88. The predicted molar refractivity (Wildman–Crippen MR) is 103 cm³/mol. The minimum atomic E-state index is -0.0148. The maximum absolute atomic E-state index is 12.0. The number of nitrogens with zero attached hydrogens (tertiary/aromatic N) is 1. The quantitative estimate of drug-likeness (QED) is 0.804. The van der Waals surface area contributed by atoms with Crippen molar-refractivity contribution >= 4 is 17.7 Å². The molecule has 1 aromatic carbocycles. The smallest absolute Gasteiger partial charge is 0.237 e.